The van der Waals surface area contributed by atoms with Crippen LogP contribution in [-0.2, 0) is 9.59 Å². The molecule has 0 saturated heterocycles. The number of carboxylic acid groups (broad SMARTS) is 1. The molecule has 0 amide bonds. The SMILES string of the molecule is CCCCCCC=C[C@H]1[C@@H](SCCO)CC(=O)[C@@H]1CCCCC[C@H](O)C(=O)O. The Morgan fingerprint density at radius 2 is 1.96 bits per heavy atom. The highest BCUT2D eigenvalue weighted by Crippen LogP contribution is 2.40. The summed E-state index contributed by atoms with van der Waals surface area (Å²) in [4.78, 5) is 23.2. The van der Waals surface area contributed by atoms with Gasteiger partial charge < -0.3 is 15.3 Å². The van der Waals surface area contributed by atoms with Gasteiger partial charge in [-0.3, -0.25) is 4.79 Å². The maximum atomic E-state index is 12.6. The Kier molecular flexibility index (Phi) is 13.5. The molecule has 1 aliphatic carbocycles. The van der Waals surface area contributed by atoms with E-state index in [9.17, 15) is 14.7 Å². The van der Waals surface area contributed by atoms with E-state index in [1.807, 2.05) is 0 Å². The lowest BCUT2D eigenvalue weighted by Gasteiger charge is -2.20. The second-order valence-corrected chi connectivity index (χ2v) is 9.10. The minimum atomic E-state index is -1.28. The van der Waals surface area contributed by atoms with Gasteiger partial charge in [-0.1, -0.05) is 57.6 Å². The van der Waals surface area contributed by atoms with Crippen molar-refractivity contribution in [3.8, 4) is 0 Å². The van der Waals surface area contributed by atoms with Crippen molar-refractivity contribution in [1.29, 1.82) is 0 Å². The number of hydrogen-bond donors (Lipinski definition) is 3. The lowest BCUT2D eigenvalue weighted by molar-refractivity contribution is -0.147. The molecule has 1 aliphatic rings. The number of Topliss-reactive ketones (excluding diaryl/α,β-unsaturated/α-hetero) is 1. The molecule has 0 aliphatic heterocycles. The van der Waals surface area contributed by atoms with E-state index in [2.05, 4.69) is 19.1 Å². The van der Waals surface area contributed by atoms with Crippen LogP contribution in [0.3, 0.4) is 0 Å². The predicted octanol–water partition coefficient (Wildman–Crippen LogP) is 4.21. The van der Waals surface area contributed by atoms with Gasteiger partial charge >= 0.3 is 5.97 Å². The van der Waals surface area contributed by atoms with Crippen LogP contribution in [0.15, 0.2) is 12.2 Å². The molecular weight excluding hydrogens is 376 g/mol. The molecule has 1 saturated carbocycles. The average molecular weight is 415 g/mol. The number of rotatable bonds is 16. The quantitative estimate of drug-likeness (QED) is 0.259. The van der Waals surface area contributed by atoms with E-state index in [-0.39, 0.29) is 30.1 Å². The third kappa shape index (κ3) is 9.57. The van der Waals surface area contributed by atoms with Gasteiger partial charge in [0.25, 0.3) is 0 Å². The van der Waals surface area contributed by atoms with Gasteiger partial charge in [0.2, 0.25) is 0 Å². The summed E-state index contributed by atoms with van der Waals surface area (Å²) in [6.45, 7) is 2.34. The number of aliphatic carboxylic acids is 1. The molecule has 5 nitrogen and oxygen atoms in total. The van der Waals surface area contributed by atoms with Crippen LogP contribution in [0.2, 0.25) is 0 Å². The highest BCUT2D eigenvalue weighted by molar-refractivity contribution is 8.00. The summed E-state index contributed by atoms with van der Waals surface area (Å²) in [5.41, 5.74) is 0. The van der Waals surface area contributed by atoms with Crippen molar-refractivity contribution in [3.05, 3.63) is 12.2 Å². The second kappa shape index (κ2) is 15.1. The average Bonchev–Trinajstić information content (AvgIpc) is 2.97. The van der Waals surface area contributed by atoms with Gasteiger partial charge in [0.1, 0.15) is 5.78 Å². The van der Waals surface area contributed by atoms with Crippen LogP contribution in [0.1, 0.15) is 77.6 Å². The fourth-order valence-electron chi connectivity index (χ4n) is 3.89. The topological polar surface area (TPSA) is 94.8 Å². The zero-order chi connectivity index (χ0) is 20.8. The van der Waals surface area contributed by atoms with Crippen molar-refractivity contribution in [2.75, 3.05) is 12.4 Å². The maximum absolute atomic E-state index is 12.6. The third-order valence-corrected chi connectivity index (χ3v) is 6.82. The lowest BCUT2D eigenvalue weighted by Crippen LogP contribution is -2.19. The summed E-state index contributed by atoms with van der Waals surface area (Å²) >= 11 is 1.70. The summed E-state index contributed by atoms with van der Waals surface area (Å²) < 4.78 is 0. The van der Waals surface area contributed by atoms with E-state index in [0.717, 1.165) is 25.7 Å². The molecule has 0 unspecified atom stereocenters. The zero-order valence-corrected chi connectivity index (χ0v) is 18.0. The van der Waals surface area contributed by atoms with E-state index < -0.39 is 12.1 Å². The molecule has 6 heteroatoms. The first kappa shape index (κ1) is 25.2. The van der Waals surface area contributed by atoms with E-state index in [1.165, 1.54) is 25.7 Å². The monoisotopic (exact) mass is 414 g/mol. The van der Waals surface area contributed by atoms with Crippen molar-refractivity contribution in [3.63, 3.8) is 0 Å². The third-order valence-electron chi connectivity index (χ3n) is 5.49. The molecule has 0 spiro atoms. The number of unbranched alkanes of at least 4 members (excludes halogenated alkanes) is 6. The van der Waals surface area contributed by atoms with Gasteiger partial charge in [-0.05, 0) is 31.6 Å². The fourth-order valence-corrected chi connectivity index (χ4v) is 5.08. The van der Waals surface area contributed by atoms with Crippen molar-refractivity contribution in [1.82, 2.24) is 0 Å². The molecule has 3 N–H and O–H groups in total. The Morgan fingerprint density at radius 3 is 2.64 bits per heavy atom. The molecule has 0 aromatic rings. The van der Waals surface area contributed by atoms with Crippen LogP contribution in [0, 0.1) is 11.8 Å². The molecule has 1 fully saturated rings. The molecule has 0 aromatic heterocycles. The molecule has 1 rings (SSSR count). The molecule has 4 atom stereocenters. The highest BCUT2D eigenvalue weighted by Gasteiger charge is 2.40. The van der Waals surface area contributed by atoms with Crippen molar-refractivity contribution < 1.29 is 24.9 Å². The van der Waals surface area contributed by atoms with Crippen LogP contribution < -0.4 is 0 Å². The van der Waals surface area contributed by atoms with Crippen LogP contribution >= 0.6 is 11.8 Å². The lowest BCUT2D eigenvalue weighted by atomic mass is 9.89. The van der Waals surface area contributed by atoms with E-state index >= 15 is 0 Å². The van der Waals surface area contributed by atoms with Crippen LogP contribution in [0.4, 0.5) is 0 Å². The normalized spacial score (nSPS) is 23.5. The Balaban J connectivity index is 2.50. The van der Waals surface area contributed by atoms with E-state index in [0.29, 0.717) is 24.4 Å². The van der Waals surface area contributed by atoms with Crippen LogP contribution in [-0.4, -0.2) is 50.8 Å². The minimum absolute atomic E-state index is 0.0347. The van der Waals surface area contributed by atoms with Gasteiger partial charge in [-0.2, -0.15) is 11.8 Å². The highest BCUT2D eigenvalue weighted by atomic mass is 32.2. The summed E-state index contributed by atoms with van der Waals surface area (Å²) in [6, 6.07) is 0. The minimum Gasteiger partial charge on any atom is -0.479 e. The molecule has 0 heterocycles. The molecular formula is C22H38O5S. The number of ketones is 1. The summed E-state index contributed by atoms with van der Waals surface area (Å²) in [7, 11) is 0. The summed E-state index contributed by atoms with van der Waals surface area (Å²) in [6.07, 6.45) is 13.2. The first-order chi connectivity index (χ1) is 13.5. The van der Waals surface area contributed by atoms with Gasteiger partial charge in [-0.15, -0.1) is 0 Å². The first-order valence-corrected chi connectivity index (χ1v) is 11.9. The number of hydrogen-bond acceptors (Lipinski definition) is 5. The van der Waals surface area contributed by atoms with Gasteiger partial charge in [0.15, 0.2) is 6.10 Å². The number of thioether (sulfide) groups is 1. The largest absolute Gasteiger partial charge is 0.479 e. The fraction of sp³-hybridized carbons (Fsp3) is 0.818. The number of carboxylic acids is 1. The second-order valence-electron chi connectivity index (χ2n) is 7.76. The van der Waals surface area contributed by atoms with Gasteiger partial charge in [0.05, 0.1) is 6.61 Å². The number of carbonyl (C=O) groups is 2. The summed E-state index contributed by atoms with van der Waals surface area (Å²) in [5, 5.41) is 27.4. The van der Waals surface area contributed by atoms with Crippen molar-refractivity contribution in [2.24, 2.45) is 11.8 Å². The molecule has 0 bridgehead atoms. The molecule has 28 heavy (non-hydrogen) atoms. The predicted molar refractivity (Wildman–Crippen MR) is 115 cm³/mol. The van der Waals surface area contributed by atoms with Crippen LogP contribution in [0.5, 0.6) is 0 Å². The van der Waals surface area contributed by atoms with Crippen molar-refractivity contribution in [2.45, 2.75) is 88.9 Å². The molecule has 0 aromatic carbocycles. The Hall–Kier alpha value is -0.850. The summed E-state index contributed by atoms with van der Waals surface area (Å²) in [5.74, 6) is 0.0892. The molecule has 162 valence electrons. The van der Waals surface area contributed by atoms with E-state index in [1.54, 1.807) is 11.8 Å². The number of aliphatic hydroxyl groups excluding tert-OH is 2. The van der Waals surface area contributed by atoms with Crippen LogP contribution in [0.25, 0.3) is 0 Å². The number of aliphatic hydroxyl groups is 2. The smallest absolute Gasteiger partial charge is 0.332 e. The Morgan fingerprint density at radius 1 is 1.21 bits per heavy atom. The van der Waals surface area contributed by atoms with Gasteiger partial charge in [-0.25, -0.2) is 4.79 Å². The molecule has 0 radical (unpaired) electrons. The Bertz CT molecular complexity index is 480. The Labute approximate surface area is 174 Å². The van der Waals surface area contributed by atoms with Crippen molar-refractivity contribution >= 4 is 23.5 Å². The van der Waals surface area contributed by atoms with Gasteiger partial charge in [0, 0.05) is 23.3 Å². The standard InChI is InChI=1S/C22H38O5S/c1-2-3-4-5-6-8-12-18-17(20(25)16-21(18)28-15-14-23)11-9-7-10-13-19(24)22(26)27/h8,12,17-19,21,23-24H,2-7,9-11,13-16H2,1H3,(H,26,27)/t17-,18-,19+,21+/m1/s1. The van der Waals surface area contributed by atoms with E-state index in [4.69, 9.17) is 10.2 Å². The first-order valence-electron chi connectivity index (χ1n) is 10.8. The number of allylic oxidation sites excluding steroid dienone is 2. The maximum Gasteiger partial charge on any atom is 0.332 e. The number of carbonyl (C=O) groups excluding carboxylic acids is 1. The zero-order valence-electron chi connectivity index (χ0n) is 17.2.